The summed E-state index contributed by atoms with van der Waals surface area (Å²) in [7, 11) is 1.40. The molecule has 3 heterocycles. The number of aliphatic hydroxyl groups is 4. The zero-order valence-electron chi connectivity index (χ0n) is 36.7. The van der Waals surface area contributed by atoms with Crippen LogP contribution < -0.4 is 5.32 Å². The Morgan fingerprint density at radius 2 is 1.03 bits per heavy atom. The topological polar surface area (TPSA) is 202 Å². The molecule has 0 aromatic heterocycles. The first-order valence-electron chi connectivity index (χ1n) is 21.9. The summed E-state index contributed by atoms with van der Waals surface area (Å²) in [6.45, 7) is 3.18. The van der Waals surface area contributed by atoms with Gasteiger partial charge in [-0.15, -0.1) is 0 Å². The van der Waals surface area contributed by atoms with Crippen LogP contribution in [0.4, 0.5) is 0 Å². The Kier molecular flexibility index (Phi) is 18.0. The molecule has 3 saturated heterocycles. The van der Waals surface area contributed by atoms with Crippen molar-refractivity contribution in [3.05, 3.63) is 144 Å². The molecule has 0 saturated carbocycles. The standard InChI is InChI=1S/C49H61NO15/c1-30-42(58-26-33-18-10-5-11-19-33)45(59-27-34-20-12-6-13-21-34)46(60-28-35-22-14-7-15-23-35)49(61-30)64-43-37(29-57-25-32-16-8-4-9-17-32)63-47(56-3)38(50-31(2)52)44(43)65-48-41(55)40(54)39(53)36(24-51)62-48/h4-23,30,36-49,51,53-55H,24-29H2,1-3H3,(H,50,52)/t30-,36+,37+,38+,39+,40+,41+,42-,43-,44+,45+,46-,47-,48+,49-/m0/s1. The van der Waals surface area contributed by atoms with E-state index >= 15 is 0 Å². The van der Waals surface area contributed by atoms with Crippen LogP contribution in [-0.4, -0.2) is 139 Å². The van der Waals surface area contributed by atoms with Crippen molar-refractivity contribution in [3.63, 3.8) is 0 Å². The maximum atomic E-state index is 12.9. The monoisotopic (exact) mass is 903 g/mol. The number of methoxy groups -OCH3 is 1. The Morgan fingerprint density at radius 3 is 1.54 bits per heavy atom. The highest BCUT2D eigenvalue weighted by atomic mass is 16.8. The first-order chi connectivity index (χ1) is 31.6. The number of rotatable bonds is 20. The van der Waals surface area contributed by atoms with Crippen LogP contribution in [0.1, 0.15) is 36.1 Å². The smallest absolute Gasteiger partial charge is 0.217 e. The molecule has 3 aliphatic heterocycles. The third-order valence-corrected chi connectivity index (χ3v) is 11.7. The van der Waals surface area contributed by atoms with Crippen molar-refractivity contribution in [1.29, 1.82) is 0 Å². The minimum atomic E-state index is -1.80. The van der Waals surface area contributed by atoms with E-state index in [1.54, 1.807) is 0 Å². The zero-order valence-corrected chi connectivity index (χ0v) is 36.7. The Bertz CT molecular complexity index is 1980. The molecule has 16 nitrogen and oxygen atoms in total. The van der Waals surface area contributed by atoms with Crippen molar-refractivity contribution in [3.8, 4) is 0 Å². The normalized spacial score (nSPS) is 32.8. The number of nitrogens with one attached hydrogen (secondary N) is 1. The highest BCUT2D eigenvalue weighted by Gasteiger charge is 2.55. The van der Waals surface area contributed by atoms with Gasteiger partial charge in [-0.25, -0.2) is 0 Å². The number of hydrogen-bond donors (Lipinski definition) is 5. The number of ether oxygens (including phenoxy) is 10. The second kappa shape index (κ2) is 24.0. The molecule has 4 aromatic rings. The van der Waals surface area contributed by atoms with Crippen LogP contribution in [0.15, 0.2) is 121 Å². The van der Waals surface area contributed by atoms with E-state index in [1.165, 1.54) is 14.0 Å². The first kappa shape index (κ1) is 48.7. The number of amides is 1. The van der Waals surface area contributed by atoms with Gasteiger partial charge in [-0.2, -0.15) is 0 Å². The molecule has 3 fully saturated rings. The third kappa shape index (κ3) is 12.8. The van der Waals surface area contributed by atoms with Crippen LogP contribution >= 0.6 is 0 Å². The molecule has 15 atom stereocenters. The molecule has 0 radical (unpaired) electrons. The summed E-state index contributed by atoms with van der Waals surface area (Å²) in [6, 6.07) is 37.5. The fourth-order valence-corrected chi connectivity index (χ4v) is 8.29. The van der Waals surface area contributed by atoms with Gasteiger partial charge in [0.1, 0.15) is 67.1 Å². The molecule has 0 unspecified atom stereocenters. The molecule has 4 aromatic carbocycles. The molecule has 7 rings (SSSR count). The average Bonchev–Trinajstić information content (AvgIpc) is 3.32. The summed E-state index contributed by atoms with van der Waals surface area (Å²) >= 11 is 0. The lowest BCUT2D eigenvalue weighted by Gasteiger charge is -2.51. The zero-order chi connectivity index (χ0) is 45.7. The Balaban J connectivity index is 1.27. The Hall–Kier alpha value is -4.21. The van der Waals surface area contributed by atoms with E-state index in [9.17, 15) is 25.2 Å². The lowest BCUT2D eigenvalue weighted by Crippen LogP contribution is -2.70. The predicted molar refractivity (Wildman–Crippen MR) is 232 cm³/mol. The van der Waals surface area contributed by atoms with E-state index in [4.69, 9.17) is 47.4 Å². The molecule has 65 heavy (non-hydrogen) atoms. The summed E-state index contributed by atoms with van der Waals surface area (Å²) in [4.78, 5) is 12.9. The second-order valence-electron chi connectivity index (χ2n) is 16.4. The Labute approximate surface area is 379 Å². The van der Waals surface area contributed by atoms with Gasteiger partial charge in [-0.1, -0.05) is 121 Å². The van der Waals surface area contributed by atoms with Crippen LogP contribution in [0.2, 0.25) is 0 Å². The van der Waals surface area contributed by atoms with Gasteiger partial charge in [0, 0.05) is 14.0 Å². The molecular formula is C49H61NO15. The Morgan fingerprint density at radius 1 is 0.554 bits per heavy atom. The van der Waals surface area contributed by atoms with Gasteiger partial charge in [-0.05, 0) is 29.2 Å². The van der Waals surface area contributed by atoms with Gasteiger partial charge in [-0.3, -0.25) is 4.79 Å². The average molecular weight is 904 g/mol. The van der Waals surface area contributed by atoms with Gasteiger partial charge < -0.3 is 73.1 Å². The van der Waals surface area contributed by atoms with Crippen LogP contribution in [-0.2, 0) is 78.6 Å². The summed E-state index contributed by atoms with van der Waals surface area (Å²) < 4.78 is 65.2. The van der Waals surface area contributed by atoms with Crippen molar-refractivity contribution in [2.75, 3.05) is 20.3 Å². The molecule has 3 aliphatic rings. The maximum Gasteiger partial charge on any atom is 0.217 e. The molecule has 0 spiro atoms. The number of aliphatic hydroxyl groups excluding tert-OH is 4. The quantitative estimate of drug-likeness (QED) is 0.0866. The van der Waals surface area contributed by atoms with E-state index < -0.39 is 105 Å². The fourth-order valence-electron chi connectivity index (χ4n) is 8.29. The van der Waals surface area contributed by atoms with Gasteiger partial charge in [0.25, 0.3) is 0 Å². The summed E-state index contributed by atoms with van der Waals surface area (Å²) in [5, 5.41) is 45.7. The lowest BCUT2D eigenvalue weighted by molar-refractivity contribution is -0.378. The summed E-state index contributed by atoms with van der Waals surface area (Å²) in [5.41, 5.74) is 3.64. The number of carbonyl (C=O) groups excluding carboxylic acids is 1. The van der Waals surface area contributed by atoms with E-state index in [1.807, 2.05) is 128 Å². The SMILES string of the molecule is CO[C@H]1O[C@H](COCc2ccccc2)[C@H](O[C@@H]2O[C@@H](C)[C@H](OCc3ccccc3)[C@@H](OCc3ccccc3)[C@@H]2OCc2ccccc2)[C@H](O[C@H]2O[C@H](CO)[C@@H](O)[C@@H](O)[C@H]2O)[C@H]1NC(C)=O. The van der Waals surface area contributed by atoms with Crippen molar-refractivity contribution in [2.24, 2.45) is 0 Å². The van der Waals surface area contributed by atoms with Gasteiger partial charge in [0.2, 0.25) is 5.91 Å². The molecule has 0 aliphatic carbocycles. The van der Waals surface area contributed by atoms with E-state index in [2.05, 4.69) is 5.32 Å². The van der Waals surface area contributed by atoms with E-state index in [-0.39, 0.29) is 33.0 Å². The predicted octanol–water partition coefficient (Wildman–Crippen LogP) is 3.15. The second-order valence-corrected chi connectivity index (χ2v) is 16.4. The molecule has 5 N–H and O–H groups in total. The highest BCUT2D eigenvalue weighted by Crippen LogP contribution is 2.37. The van der Waals surface area contributed by atoms with Crippen molar-refractivity contribution in [2.45, 2.75) is 132 Å². The van der Waals surface area contributed by atoms with Gasteiger partial charge >= 0.3 is 0 Å². The number of hydrogen-bond acceptors (Lipinski definition) is 15. The van der Waals surface area contributed by atoms with Crippen molar-refractivity contribution < 1.29 is 72.6 Å². The van der Waals surface area contributed by atoms with Crippen LogP contribution in [0.3, 0.4) is 0 Å². The minimum Gasteiger partial charge on any atom is -0.394 e. The molecule has 1 amide bonds. The molecule has 16 heteroatoms. The van der Waals surface area contributed by atoms with E-state index in [0.29, 0.717) is 0 Å². The van der Waals surface area contributed by atoms with Gasteiger partial charge in [0.05, 0.1) is 45.7 Å². The molecule has 0 bridgehead atoms. The van der Waals surface area contributed by atoms with E-state index in [0.717, 1.165) is 22.3 Å². The summed E-state index contributed by atoms with van der Waals surface area (Å²) in [6.07, 6.45) is -17.2. The third-order valence-electron chi connectivity index (χ3n) is 11.7. The molecular weight excluding hydrogens is 843 g/mol. The fraction of sp³-hybridized carbons (Fsp3) is 0.490. The van der Waals surface area contributed by atoms with Crippen molar-refractivity contribution in [1.82, 2.24) is 5.32 Å². The number of benzene rings is 4. The highest BCUT2D eigenvalue weighted by molar-refractivity contribution is 5.73. The number of carbonyl (C=O) groups is 1. The van der Waals surface area contributed by atoms with Gasteiger partial charge in [0.15, 0.2) is 18.9 Å². The minimum absolute atomic E-state index is 0.0880. The van der Waals surface area contributed by atoms with Crippen LogP contribution in [0.5, 0.6) is 0 Å². The van der Waals surface area contributed by atoms with Crippen LogP contribution in [0, 0.1) is 0 Å². The molecule has 352 valence electrons. The van der Waals surface area contributed by atoms with Crippen molar-refractivity contribution >= 4 is 5.91 Å². The maximum absolute atomic E-state index is 12.9. The first-order valence-corrected chi connectivity index (χ1v) is 21.9. The van der Waals surface area contributed by atoms with Crippen LogP contribution in [0.25, 0.3) is 0 Å². The summed E-state index contributed by atoms with van der Waals surface area (Å²) in [5.74, 6) is -0.472. The largest absolute Gasteiger partial charge is 0.394 e. The lowest BCUT2D eigenvalue weighted by atomic mass is 9.94.